The molecule has 0 saturated carbocycles. The maximum atomic E-state index is 13.9. The van der Waals surface area contributed by atoms with Crippen LogP contribution in [0.4, 0.5) is 0 Å². The largest absolute Gasteiger partial charge is 0.413 e. The van der Waals surface area contributed by atoms with Crippen molar-refractivity contribution in [3.05, 3.63) is 34.3 Å². The first kappa shape index (κ1) is 43.2. The van der Waals surface area contributed by atoms with E-state index in [1.54, 1.807) is 11.3 Å². The minimum atomic E-state index is -2.11. The molecule has 7 atom stereocenters. The summed E-state index contributed by atoms with van der Waals surface area (Å²) in [6.45, 7) is 34.0. The quantitative estimate of drug-likeness (QED) is 0.0729. The second-order valence-corrected chi connectivity index (χ2v) is 27.2. The summed E-state index contributed by atoms with van der Waals surface area (Å²) in [7, 11) is -3.93. The summed E-state index contributed by atoms with van der Waals surface area (Å²) >= 11 is 1.68. The monoisotopic (exact) mass is 721 g/mol. The number of aromatic nitrogens is 1. The third kappa shape index (κ3) is 11.5. The lowest BCUT2D eigenvalue weighted by molar-refractivity contribution is -0.140. The molecule has 0 unspecified atom stereocenters. The van der Waals surface area contributed by atoms with Gasteiger partial charge in [-0.1, -0.05) is 81.7 Å². The number of aliphatic hydroxyl groups excluding tert-OH is 1. The summed E-state index contributed by atoms with van der Waals surface area (Å²) in [6.07, 6.45) is 7.75. The van der Waals surface area contributed by atoms with Crippen molar-refractivity contribution in [3.8, 4) is 0 Å². The molecule has 48 heavy (non-hydrogen) atoms. The summed E-state index contributed by atoms with van der Waals surface area (Å²) in [5.74, 6) is -0.417. The Morgan fingerprint density at radius 2 is 1.71 bits per heavy atom. The maximum Gasteiger partial charge on any atom is 0.192 e. The van der Waals surface area contributed by atoms with Crippen LogP contribution in [-0.2, 0) is 18.4 Å². The second kappa shape index (κ2) is 18.0. The maximum absolute atomic E-state index is 13.9. The number of aliphatic hydroxyl groups is 1. The Hall–Kier alpha value is -0.946. The van der Waals surface area contributed by atoms with E-state index < -0.39 is 34.1 Å². The topological polar surface area (TPSA) is 81.2 Å². The average Bonchev–Trinajstić information content (AvgIpc) is 3.63. The van der Waals surface area contributed by atoms with E-state index in [1.165, 1.54) is 5.57 Å². The second-order valence-electron chi connectivity index (χ2n) is 16.6. The van der Waals surface area contributed by atoms with Crippen molar-refractivity contribution in [2.45, 2.75) is 182 Å². The third-order valence-corrected chi connectivity index (χ3v) is 21.6. The van der Waals surface area contributed by atoms with E-state index in [9.17, 15) is 9.90 Å². The van der Waals surface area contributed by atoms with E-state index in [1.807, 2.05) is 33.8 Å². The number of hydrogen-bond donors (Lipinski definition) is 1. The standard InChI is InChI=1S/C39H71NO5SSi2/c1-16-21-35(45-47(14,15)38(9,10)11)39(12,13)37(42)29(7)36(41)27(5)22-20-23-32-34(43-32)25-33(44-48(17-2,18-3)19-4)28(6)24-31-26-46-30(8)40-31/h16,24,26-27,29,32-36,41H,1,17-23,25H2,2-15H3/b28-24+/t27-,29+,32+,33-,34-,35-,36-/m0/s1. The molecule has 0 amide bonds. The number of hydrogen-bond acceptors (Lipinski definition) is 7. The minimum absolute atomic E-state index is 0.00391. The van der Waals surface area contributed by atoms with Crippen LogP contribution in [0.5, 0.6) is 0 Å². The number of ether oxygens (including phenoxy) is 1. The van der Waals surface area contributed by atoms with Gasteiger partial charge in [-0.25, -0.2) is 4.98 Å². The fraction of sp³-hybridized carbons (Fsp3) is 0.795. The lowest BCUT2D eigenvalue weighted by Gasteiger charge is -2.44. The molecule has 1 N–H and O–H groups in total. The number of aryl methyl sites for hydroxylation is 1. The van der Waals surface area contributed by atoms with Crippen LogP contribution >= 0.6 is 11.3 Å². The van der Waals surface area contributed by atoms with Gasteiger partial charge in [0, 0.05) is 23.1 Å². The molecule has 1 fully saturated rings. The zero-order chi connectivity index (χ0) is 36.7. The summed E-state index contributed by atoms with van der Waals surface area (Å²) in [6, 6.07) is 3.35. The van der Waals surface area contributed by atoms with Crippen molar-refractivity contribution in [2.24, 2.45) is 17.3 Å². The molecule has 2 rings (SSSR count). The zero-order valence-electron chi connectivity index (χ0n) is 33.1. The Balaban J connectivity index is 2.00. The molecule has 2 heterocycles. The van der Waals surface area contributed by atoms with Gasteiger partial charge in [0.1, 0.15) is 5.78 Å². The molecule has 276 valence electrons. The van der Waals surface area contributed by atoms with Crippen molar-refractivity contribution in [3.63, 3.8) is 0 Å². The van der Waals surface area contributed by atoms with Gasteiger partial charge in [0.05, 0.1) is 41.2 Å². The minimum Gasteiger partial charge on any atom is -0.413 e. The molecule has 1 aromatic heterocycles. The molecule has 1 saturated heterocycles. The van der Waals surface area contributed by atoms with E-state index in [4.69, 9.17) is 13.6 Å². The summed E-state index contributed by atoms with van der Waals surface area (Å²) in [5.41, 5.74) is 1.50. The summed E-state index contributed by atoms with van der Waals surface area (Å²) in [4.78, 5) is 18.6. The molecule has 9 heteroatoms. The molecular weight excluding hydrogens is 651 g/mol. The first-order valence-electron chi connectivity index (χ1n) is 18.6. The lowest BCUT2D eigenvalue weighted by Crippen LogP contribution is -2.52. The Kier molecular flexibility index (Phi) is 16.2. The smallest absolute Gasteiger partial charge is 0.192 e. The molecule has 0 spiro atoms. The normalized spacial score (nSPS) is 21.0. The zero-order valence-corrected chi connectivity index (χ0v) is 35.9. The van der Waals surface area contributed by atoms with E-state index in [0.29, 0.717) is 6.42 Å². The summed E-state index contributed by atoms with van der Waals surface area (Å²) in [5, 5.41) is 14.6. The molecule has 1 aliphatic heterocycles. The van der Waals surface area contributed by atoms with Crippen molar-refractivity contribution >= 4 is 39.8 Å². The Labute approximate surface area is 300 Å². The Morgan fingerprint density at radius 3 is 2.21 bits per heavy atom. The number of thiazole rings is 1. The first-order chi connectivity index (χ1) is 22.2. The van der Waals surface area contributed by atoms with Crippen molar-refractivity contribution in [2.75, 3.05) is 0 Å². The Bertz CT molecular complexity index is 1190. The highest BCUT2D eigenvalue weighted by atomic mass is 32.1. The van der Waals surface area contributed by atoms with E-state index in [-0.39, 0.29) is 41.2 Å². The van der Waals surface area contributed by atoms with Gasteiger partial charge in [0.25, 0.3) is 0 Å². The highest BCUT2D eigenvalue weighted by molar-refractivity contribution is 7.09. The van der Waals surface area contributed by atoms with Crippen LogP contribution in [-0.4, -0.2) is 63.0 Å². The Morgan fingerprint density at radius 1 is 1.10 bits per heavy atom. The molecule has 0 bridgehead atoms. The van der Waals surface area contributed by atoms with Crippen LogP contribution in [0.2, 0.25) is 36.3 Å². The highest BCUT2D eigenvalue weighted by Crippen LogP contribution is 2.42. The van der Waals surface area contributed by atoms with E-state index in [2.05, 4.69) is 91.5 Å². The fourth-order valence-corrected chi connectivity index (χ4v) is 11.5. The predicted octanol–water partition coefficient (Wildman–Crippen LogP) is 10.8. The first-order valence-corrected chi connectivity index (χ1v) is 24.9. The molecule has 1 aromatic rings. The van der Waals surface area contributed by atoms with Gasteiger partial charge in [-0.3, -0.25) is 4.79 Å². The lowest BCUT2D eigenvalue weighted by atomic mass is 9.73. The van der Waals surface area contributed by atoms with Crippen LogP contribution < -0.4 is 0 Å². The van der Waals surface area contributed by atoms with Gasteiger partial charge in [-0.2, -0.15) is 0 Å². The third-order valence-electron chi connectivity index (χ3n) is 11.7. The van der Waals surface area contributed by atoms with Crippen LogP contribution in [0, 0.1) is 24.2 Å². The number of nitrogens with zero attached hydrogens (tertiary/aromatic N) is 1. The van der Waals surface area contributed by atoms with Crippen LogP contribution in [0.1, 0.15) is 119 Å². The number of rotatable bonds is 22. The number of Topliss-reactive ketones (excluding diaryl/α,β-unsaturated/α-hetero) is 1. The average molecular weight is 722 g/mol. The number of epoxide rings is 1. The summed E-state index contributed by atoms with van der Waals surface area (Å²) < 4.78 is 20.0. The van der Waals surface area contributed by atoms with Gasteiger partial charge >= 0.3 is 0 Å². The van der Waals surface area contributed by atoms with E-state index in [0.717, 1.165) is 54.5 Å². The van der Waals surface area contributed by atoms with Crippen LogP contribution in [0.25, 0.3) is 6.08 Å². The van der Waals surface area contributed by atoms with Gasteiger partial charge in [0.2, 0.25) is 0 Å². The molecule has 6 nitrogen and oxygen atoms in total. The predicted molar refractivity (Wildman–Crippen MR) is 210 cm³/mol. The number of carbonyl (C=O) groups is 1. The van der Waals surface area contributed by atoms with Crippen molar-refractivity contribution in [1.29, 1.82) is 0 Å². The van der Waals surface area contributed by atoms with Crippen molar-refractivity contribution < 1.29 is 23.5 Å². The van der Waals surface area contributed by atoms with Gasteiger partial charge in [-0.05, 0) is 86.9 Å². The molecule has 0 aliphatic carbocycles. The van der Waals surface area contributed by atoms with Crippen LogP contribution in [0.3, 0.4) is 0 Å². The molecule has 0 aromatic carbocycles. The van der Waals surface area contributed by atoms with E-state index >= 15 is 0 Å². The fourth-order valence-electron chi connectivity index (χ4n) is 6.63. The molecular formula is C39H71NO5SSi2. The van der Waals surface area contributed by atoms with Gasteiger partial charge in [0.15, 0.2) is 16.6 Å². The van der Waals surface area contributed by atoms with Gasteiger partial charge in [-0.15, -0.1) is 17.9 Å². The molecule has 1 aliphatic rings. The number of ketones is 1. The van der Waals surface area contributed by atoms with Crippen molar-refractivity contribution in [1.82, 2.24) is 4.98 Å². The van der Waals surface area contributed by atoms with Gasteiger partial charge < -0.3 is 18.7 Å². The van der Waals surface area contributed by atoms with Crippen LogP contribution in [0.15, 0.2) is 23.6 Å². The highest BCUT2D eigenvalue weighted by Gasteiger charge is 2.47. The number of carbonyl (C=O) groups excluding carboxylic acids is 1. The SMILES string of the molecule is C=CC[C@H](O[Si](C)(C)C(C)(C)C)C(C)(C)C(=O)[C@H](C)[C@@H](O)[C@@H](C)CCC[C@H]1O[C@H]1C[C@H](O[Si](CC)(CC)CC)/C(C)=C/c1csc(C)n1. The molecule has 0 radical (unpaired) electrons.